The topological polar surface area (TPSA) is 113 Å². The Balaban J connectivity index is 1.97. The Labute approximate surface area is 139 Å². The summed E-state index contributed by atoms with van der Waals surface area (Å²) in [6, 6.07) is 13.5. The molecule has 24 heavy (non-hydrogen) atoms. The van der Waals surface area contributed by atoms with Gasteiger partial charge in [0, 0.05) is 18.3 Å². The number of carbonyl (C=O) groups is 3. The van der Waals surface area contributed by atoms with E-state index in [0.717, 1.165) is 0 Å². The highest BCUT2D eigenvalue weighted by molar-refractivity contribution is 6.03. The first-order valence-electron chi connectivity index (χ1n) is 7.26. The first-order chi connectivity index (χ1) is 11.5. The van der Waals surface area contributed by atoms with Crippen molar-refractivity contribution in [1.82, 2.24) is 0 Å². The maximum Gasteiger partial charge on any atom is 0.250 e. The zero-order chi connectivity index (χ0) is 17.5. The van der Waals surface area contributed by atoms with Gasteiger partial charge in [-0.3, -0.25) is 14.4 Å². The van der Waals surface area contributed by atoms with E-state index in [0.29, 0.717) is 17.1 Å². The van der Waals surface area contributed by atoms with Gasteiger partial charge in [-0.25, -0.2) is 0 Å². The summed E-state index contributed by atoms with van der Waals surface area (Å²) < 4.78 is 0. The van der Waals surface area contributed by atoms with Crippen LogP contribution >= 0.6 is 0 Å². The lowest BCUT2D eigenvalue weighted by molar-refractivity contribution is -0.115. The van der Waals surface area contributed by atoms with Crippen LogP contribution in [-0.2, 0) is 9.59 Å². The Morgan fingerprint density at radius 1 is 0.958 bits per heavy atom. The maximum absolute atomic E-state index is 12.0. The number of amides is 3. The average Bonchev–Trinajstić information content (AvgIpc) is 2.53. The van der Waals surface area contributed by atoms with E-state index >= 15 is 0 Å². The van der Waals surface area contributed by atoms with Crippen LogP contribution in [0.5, 0.6) is 0 Å². The molecule has 2 aromatic rings. The molecule has 2 aromatic carbocycles. The first-order valence-corrected chi connectivity index (χ1v) is 7.26. The molecule has 0 bridgehead atoms. The van der Waals surface area contributed by atoms with Crippen LogP contribution < -0.4 is 21.7 Å². The lowest BCUT2D eigenvalue weighted by Crippen LogP contribution is -2.24. The minimum Gasteiger partial charge on any atom is -0.376 e. The molecule has 0 aliphatic rings. The minimum atomic E-state index is -0.609. The molecule has 2 rings (SSSR count). The van der Waals surface area contributed by atoms with Gasteiger partial charge in [0.05, 0.1) is 17.8 Å². The number of hydrogen-bond donors (Lipinski definition) is 4. The van der Waals surface area contributed by atoms with Gasteiger partial charge in [0.2, 0.25) is 11.8 Å². The van der Waals surface area contributed by atoms with Crippen molar-refractivity contribution in [3.63, 3.8) is 0 Å². The van der Waals surface area contributed by atoms with Gasteiger partial charge in [0.15, 0.2) is 0 Å². The molecule has 0 atom stereocenters. The maximum atomic E-state index is 12.0. The fourth-order valence-electron chi connectivity index (χ4n) is 2.09. The average molecular weight is 326 g/mol. The van der Waals surface area contributed by atoms with E-state index in [1.807, 2.05) is 0 Å². The number of hydrogen-bond acceptors (Lipinski definition) is 4. The van der Waals surface area contributed by atoms with E-state index in [-0.39, 0.29) is 23.9 Å². The highest BCUT2D eigenvalue weighted by Gasteiger charge is 2.10. The monoisotopic (exact) mass is 326 g/mol. The smallest absolute Gasteiger partial charge is 0.250 e. The van der Waals surface area contributed by atoms with Crippen LogP contribution in [0, 0.1) is 0 Å². The van der Waals surface area contributed by atoms with Crippen LogP contribution in [0.4, 0.5) is 17.1 Å². The molecular weight excluding hydrogens is 308 g/mol. The third kappa shape index (κ3) is 4.84. The second-order valence-corrected chi connectivity index (χ2v) is 5.07. The fraction of sp³-hybridized carbons (Fsp3) is 0.118. The summed E-state index contributed by atoms with van der Waals surface area (Å²) in [7, 11) is 0. The molecule has 0 spiro atoms. The van der Waals surface area contributed by atoms with Crippen LogP contribution in [0.1, 0.15) is 17.3 Å². The van der Waals surface area contributed by atoms with Gasteiger partial charge in [-0.1, -0.05) is 18.2 Å². The van der Waals surface area contributed by atoms with Crippen molar-refractivity contribution < 1.29 is 14.4 Å². The number of benzene rings is 2. The Bertz CT molecular complexity index is 774. The van der Waals surface area contributed by atoms with Crippen molar-refractivity contribution >= 4 is 34.8 Å². The van der Waals surface area contributed by atoms with Crippen LogP contribution in [0.25, 0.3) is 0 Å². The molecule has 0 radical (unpaired) electrons. The molecule has 0 aromatic heterocycles. The Kier molecular flexibility index (Phi) is 5.51. The van der Waals surface area contributed by atoms with Gasteiger partial charge < -0.3 is 21.7 Å². The first kappa shape index (κ1) is 17.0. The predicted octanol–water partition coefficient (Wildman–Crippen LogP) is 1.79. The molecule has 124 valence electrons. The highest BCUT2D eigenvalue weighted by Crippen LogP contribution is 2.16. The normalized spacial score (nSPS) is 9.88. The van der Waals surface area contributed by atoms with Gasteiger partial charge in [-0.05, 0) is 30.3 Å². The molecule has 7 heteroatoms. The molecule has 0 heterocycles. The van der Waals surface area contributed by atoms with Crippen molar-refractivity contribution in [2.75, 3.05) is 22.5 Å². The quantitative estimate of drug-likeness (QED) is 0.648. The van der Waals surface area contributed by atoms with Gasteiger partial charge >= 0.3 is 0 Å². The SMILES string of the molecule is CC(=O)Nc1cccc(NCC(=O)Nc2ccccc2C(N)=O)c1. The molecule has 0 saturated heterocycles. The van der Waals surface area contributed by atoms with Crippen molar-refractivity contribution in [3.05, 3.63) is 54.1 Å². The van der Waals surface area contributed by atoms with E-state index in [4.69, 9.17) is 5.73 Å². The van der Waals surface area contributed by atoms with Crippen molar-refractivity contribution in [1.29, 1.82) is 0 Å². The third-order valence-electron chi connectivity index (χ3n) is 3.10. The summed E-state index contributed by atoms with van der Waals surface area (Å²) in [6.07, 6.45) is 0. The van der Waals surface area contributed by atoms with E-state index < -0.39 is 5.91 Å². The van der Waals surface area contributed by atoms with Crippen LogP contribution in [-0.4, -0.2) is 24.3 Å². The number of primary amides is 1. The van der Waals surface area contributed by atoms with Gasteiger partial charge in [-0.15, -0.1) is 0 Å². The van der Waals surface area contributed by atoms with Crippen molar-refractivity contribution in [2.45, 2.75) is 6.92 Å². The van der Waals surface area contributed by atoms with Gasteiger partial charge in [0.25, 0.3) is 5.91 Å². The predicted molar refractivity (Wildman–Crippen MR) is 92.8 cm³/mol. The van der Waals surface area contributed by atoms with Gasteiger partial charge in [0.1, 0.15) is 0 Å². The highest BCUT2D eigenvalue weighted by atomic mass is 16.2. The Morgan fingerprint density at radius 2 is 1.67 bits per heavy atom. The number of nitrogens with one attached hydrogen (secondary N) is 3. The fourth-order valence-corrected chi connectivity index (χ4v) is 2.09. The zero-order valence-electron chi connectivity index (χ0n) is 13.1. The second-order valence-electron chi connectivity index (χ2n) is 5.07. The summed E-state index contributed by atoms with van der Waals surface area (Å²) in [4.78, 5) is 34.4. The number of rotatable bonds is 6. The number of para-hydroxylation sites is 1. The summed E-state index contributed by atoms with van der Waals surface area (Å²) in [5, 5.41) is 8.25. The Hall–Kier alpha value is -3.35. The lowest BCUT2D eigenvalue weighted by Gasteiger charge is -2.11. The van der Waals surface area contributed by atoms with Gasteiger partial charge in [-0.2, -0.15) is 0 Å². The molecule has 0 unspecified atom stereocenters. The summed E-state index contributed by atoms with van der Waals surface area (Å²) >= 11 is 0. The number of nitrogens with two attached hydrogens (primary N) is 1. The van der Waals surface area contributed by atoms with E-state index in [2.05, 4.69) is 16.0 Å². The summed E-state index contributed by atoms with van der Waals surface area (Å²) in [5.74, 6) is -1.11. The van der Waals surface area contributed by atoms with E-state index in [1.54, 1.807) is 48.5 Å². The van der Waals surface area contributed by atoms with Crippen molar-refractivity contribution in [2.24, 2.45) is 5.73 Å². The molecule has 0 aliphatic heterocycles. The second kappa shape index (κ2) is 7.77. The molecule has 5 N–H and O–H groups in total. The van der Waals surface area contributed by atoms with E-state index in [1.165, 1.54) is 6.92 Å². The molecule has 0 fully saturated rings. The summed E-state index contributed by atoms with van der Waals surface area (Å²) in [5.41, 5.74) is 7.20. The van der Waals surface area contributed by atoms with Crippen LogP contribution in [0.15, 0.2) is 48.5 Å². The van der Waals surface area contributed by atoms with Crippen LogP contribution in [0.2, 0.25) is 0 Å². The molecule has 7 nitrogen and oxygen atoms in total. The minimum absolute atomic E-state index is 0.00335. The molecule has 0 aliphatic carbocycles. The van der Waals surface area contributed by atoms with E-state index in [9.17, 15) is 14.4 Å². The zero-order valence-corrected chi connectivity index (χ0v) is 13.1. The third-order valence-corrected chi connectivity index (χ3v) is 3.10. The Morgan fingerprint density at radius 3 is 2.38 bits per heavy atom. The lowest BCUT2D eigenvalue weighted by atomic mass is 10.1. The van der Waals surface area contributed by atoms with Crippen molar-refractivity contribution in [3.8, 4) is 0 Å². The number of carbonyl (C=O) groups excluding carboxylic acids is 3. The standard InChI is InChI=1S/C17H18N4O3/c1-11(22)20-13-6-4-5-12(9-13)19-10-16(23)21-15-8-3-2-7-14(15)17(18)24/h2-9,19H,10H2,1H3,(H2,18,24)(H,20,22)(H,21,23). The summed E-state index contributed by atoms with van der Waals surface area (Å²) in [6.45, 7) is 1.42. The molecule has 3 amide bonds. The molecular formula is C17H18N4O3. The van der Waals surface area contributed by atoms with Crippen LogP contribution in [0.3, 0.4) is 0 Å². The molecule has 0 saturated carbocycles. The number of anilines is 3. The largest absolute Gasteiger partial charge is 0.376 e.